The Kier molecular flexibility index (Phi) is 6.14. The summed E-state index contributed by atoms with van der Waals surface area (Å²) in [6.07, 6.45) is 2.76. The first-order valence-corrected chi connectivity index (χ1v) is 10.8. The first-order valence-electron chi connectivity index (χ1n) is 9.34. The number of hydrogen-bond donors (Lipinski definition) is 1. The van der Waals surface area contributed by atoms with Crippen molar-refractivity contribution in [3.63, 3.8) is 0 Å². The normalized spacial score (nSPS) is 15.5. The summed E-state index contributed by atoms with van der Waals surface area (Å²) >= 11 is 0. The van der Waals surface area contributed by atoms with Gasteiger partial charge in [0.15, 0.2) is 0 Å². The Morgan fingerprint density at radius 3 is 2.43 bits per heavy atom. The van der Waals surface area contributed by atoms with E-state index in [9.17, 15) is 17.6 Å². The Morgan fingerprint density at radius 1 is 1.14 bits per heavy atom. The Morgan fingerprint density at radius 2 is 1.79 bits per heavy atom. The standard InChI is InChI=1S/C19H25FN4O3S/c1-14-19(28(26,27)23-10-4-3-5-11-23)15(2)24(22-14)13-18(25)21-12-16-6-8-17(20)9-7-16/h6-9H,3-5,10-13H2,1-2H3,(H,21,25). The Balaban J connectivity index is 1.70. The fourth-order valence-corrected chi connectivity index (χ4v) is 5.33. The summed E-state index contributed by atoms with van der Waals surface area (Å²) in [6, 6.07) is 5.87. The van der Waals surface area contributed by atoms with Crippen LogP contribution in [0.3, 0.4) is 0 Å². The van der Waals surface area contributed by atoms with Crippen LogP contribution in [-0.4, -0.2) is 41.5 Å². The number of carbonyl (C=O) groups is 1. The van der Waals surface area contributed by atoms with E-state index >= 15 is 0 Å². The maximum atomic E-state index is 13.0. The average Bonchev–Trinajstić information content (AvgIpc) is 2.95. The smallest absolute Gasteiger partial charge is 0.246 e. The summed E-state index contributed by atoms with van der Waals surface area (Å²) in [5.41, 5.74) is 1.63. The lowest BCUT2D eigenvalue weighted by Gasteiger charge is -2.25. The minimum atomic E-state index is -3.61. The lowest BCUT2D eigenvalue weighted by molar-refractivity contribution is -0.122. The molecule has 3 rings (SSSR count). The molecule has 1 aromatic heterocycles. The zero-order chi connectivity index (χ0) is 20.3. The minimum absolute atomic E-state index is 0.0800. The molecule has 1 aliphatic rings. The lowest BCUT2D eigenvalue weighted by Crippen LogP contribution is -2.36. The summed E-state index contributed by atoms with van der Waals surface area (Å²) in [4.78, 5) is 12.5. The highest BCUT2D eigenvalue weighted by Crippen LogP contribution is 2.26. The van der Waals surface area contributed by atoms with Gasteiger partial charge in [0.05, 0.1) is 11.4 Å². The van der Waals surface area contributed by atoms with Gasteiger partial charge in [-0.05, 0) is 44.4 Å². The van der Waals surface area contributed by atoms with E-state index in [1.165, 1.54) is 21.1 Å². The highest BCUT2D eigenvalue weighted by Gasteiger charge is 2.31. The third-order valence-corrected chi connectivity index (χ3v) is 7.08. The molecule has 9 heteroatoms. The van der Waals surface area contributed by atoms with E-state index in [-0.39, 0.29) is 29.7 Å². The van der Waals surface area contributed by atoms with Gasteiger partial charge in [-0.3, -0.25) is 9.48 Å². The molecule has 1 fully saturated rings. The fourth-order valence-electron chi connectivity index (χ4n) is 3.44. The molecule has 1 amide bonds. The van der Waals surface area contributed by atoms with Crippen LogP contribution in [0.2, 0.25) is 0 Å². The Hall–Kier alpha value is -2.26. The van der Waals surface area contributed by atoms with Gasteiger partial charge >= 0.3 is 0 Å². The van der Waals surface area contributed by atoms with Crippen molar-refractivity contribution >= 4 is 15.9 Å². The average molecular weight is 408 g/mol. The number of hydrogen-bond acceptors (Lipinski definition) is 4. The quantitative estimate of drug-likeness (QED) is 0.794. The number of benzene rings is 1. The van der Waals surface area contributed by atoms with E-state index in [1.54, 1.807) is 26.0 Å². The molecule has 152 valence electrons. The number of nitrogens with zero attached hydrogens (tertiary/aromatic N) is 3. The van der Waals surface area contributed by atoms with E-state index in [1.807, 2.05) is 0 Å². The highest BCUT2D eigenvalue weighted by atomic mass is 32.2. The largest absolute Gasteiger partial charge is 0.350 e. The second-order valence-corrected chi connectivity index (χ2v) is 8.90. The fraction of sp³-hybridized carbons (Fsp3) is 0.474. The Labute approximate surface area is 164 Å². The monoisotopic (exact) mass is 408 g/mol. The van der Waals surface area contributed by atoms with Crippen LogP contribution < -0.4 is 5.32 Å². The van der Waals surface area contributed by atoms with Gasteiger partial charge in [0.1, 0.15) is 17.3 Å². The summed E-state index contributed by atoms with van der Waals surface area (Å²) in [6.45, 7) is 4.54. The van der Waals surface area contributed by atoms with Crippen molar-refractivity contribution < 1.29 is 17.6 Å². The van der Waals surface area contributed by atoms with E-state index in [0.717, 1.165) is 24.8 Å². The van der Waals surface area contributed by atoms with Gasteiger partial charge in [0, 0.05) is 19.6 Å². The topological polar surface area (TPSA) is 84.3 Å². The predicted octanol–water partition coefficient (Wildman–Crippen LogP) is 2.13. The molecule has 1 N–H and O–H groups in total. The molecular weight excluding hydrogens is 383 g/mol. The van der Waals surface area contributed by atoms with Gasteiger partial charge in [-0.15, -0.1) is 0 Å². The summed E-state index contributed by atoms with van der Waals surface area (Å²) in [7, 11) is -3.61. The number of sulfonamides is 1. The summed E-state index contributed by atoms with van der Waals surface area (Å²) in [5.74, 6) is -0.628. The molecule has 0 bridgehead atoms. The van der Waals surface area contributed by atoms with Crippen molar-refractivity contribution in [2.75, 3.05) is 13.1 Å². The van der Waals surface area contributed by atoms with Gasteiger partial charge in [-0.1, -0.05) is 18.6 Å². The van der Waals surface area contributed by atoms with Crippen molar-refractivity contribution in [3.05, 3.63) is 47.0 Å². The van der Waals surface area contributed by atoms with Crippen molar-refractivity contribution in [3.8, 4) is 0 Å². The van der Waals surface area contributed by atoms with Crippen LogP contribution in [0.1, 0.15) is 36.2 Å². The van der Waals surface area contributed by atoms with Crippen molar-refractivity contribution in [1.29, 1.82) is 0 Å². The van der Waals surface area contributed by atoms with Crippen LogP contribution in [-0.2, 0) is 27.9 Å². The van der Waals surface area contributed by atoms with Crippen LogP contribution in [0, 0.1) is 19.7 Å². The van der Waals surface area contributed by atoms with Crippen molar-refractivity contribution in [2.24, 2.45) is 0 Å². The van der Waals surface area contributed by atoms with Crippen LogP contribution in [0.25, 0.3) is 0 Å². The van der Waals surface area contributed by atoms with E-state index < -0.39 is 10.0 Å². The number of aryl methyl sites for hydroxylation is 1. The summed E-state index contributed by atoms with van der Waals surface area (Å²) in [5, 5.41) is 7.02. The Bertz CT molecular complexity index is 948. The first kappa shape index (κ1) is 20.5. The predicted molar refractivity (Wildman–Crippen MR) is 103 cm³/mol. The molecule has 0 unspecified atom stereocenters. The number of amides is 1. The van der Waals surface area contributed by atoms with Crippen LogP contribution in [0.4, 0.5) is 4.39 Å². The van der Waals surface area contributed by atoms with Gasteiger partial charge < -0.3 is 5.32 Å². The number of carbonyl (C=O) groups excluding carboxylic acids is 1. The molecular formula is C19H25FN4O3S. The summed E-state index contributed by atoms with van der Waals surface area (Å²) < 4.78 is 41.9. The number of aromatic nitrogens is 2. The first-order chi connectivity index (χ1) is 13.3. The van der Waals surface area contributed by atoms with Gasteiger partial charge in [0.25, 0.3) is 0 Å². The second kappa shape index (κ2) is 8.40. The molecule has 2 heterocycles. The van der Waals surface area contributed by atoms with Crippen LogP contribution in [0.5, 0.6) is 0 Å². The molecule has 28 heavy (non-hydrogen) atoms. The zero-order valence-corrected chi connectivity index (χ0v) is 16.9. The maximum absolute atomic E-state index is 13.0. The van der Waals surface area contributed by atoms with E-state index in [0.29, 0.717) is 24.5 Å². The zero-order valence-electron chi connectivity index (χ0n) is 16.1. The molecule has 0 saturated carbocycles. The minimum Gasteiger partial charge on any atom is -0.350 e. The van der Waals surface area contributed by atoms with Gasteiger partial charge in [0.2, 0.25) is 15.9 Å². The molecule has 1 saturated heterocycles. The van der Waals surface area contributed by atoms with Crippen molar-refractivity contribution in [1.82, 2.24) is 19.4 Å². The van der Waals surface area contributed by atoms with Gasteiger partial charge in [-0.25, -0.2) is 12.8 Å². The number of rotatable bonds is 6. The number of halogens is 1. The van der Waals surface area contributed by atoms with Crippen molar-refractivity contribution in [2.45, 2.75) is 51.1 Å². The third kappa shape index (κ3) is 4.41. The second-order valence-electron chi connectivity index (χ2n) is 7.03. The van der Waals surface area contributed by atoms with E-state index in [4.69, 9.17) is 0 Å². The number of piperidine rings is 1. The maximum Gasteiger partial charge on any atom is 0.246 e. The molecule has 0 spiro atoms. The van der Waals surface area contributed by atoms with Crippen LogP contribution in [0.15, 0.2) is 29.2 Å². The number of nitrogens with one attached hydrogen (secondary N) is 1. The van der Waals surface area contributed by atoms with E-state index in [2.05, 4.69) is 10.4 Å². The third-order valence-electron chi connectivity index (χ3n) is 4.92. The molecule has 1 aliphatic heterocycles. The highest BCUT2D eigenvalue weighted by molar-refractivity contribution is 7.89. The molecule has 0 aliphatic carbocycles. The molecule has 0 atom stereocenters. The SMILES string of the molecule is Cc1nn(CC(=O)NCc2ccc(F)cc2)c(C)c1S(=O)(=O)N1CCCCC1. The van der Waals surface area contributed by atoms with Gasteiger partial charge in [-0.2, -0.15) is 9.40 Å². The molecule has 7 nitrogen and oxygen atoms in total. The molecule has 2 aromatic rings. The lowest BCUT2D eigenvalue weighted by atomic mass is 10.2. The van der Waals surface area contributed by atoms with Crippen LogP contribution >= 0.6 is 0 Å². The molecule has 0 radical (unpaired) electrons. The molecule has 1 aromatic carbocycles.